The molecule has 0 aromatic rings. The van der Waals surface area contributed by atoms with E-state index >= 15 is 0 Å². The first-order valence-corrected chi connectivity index (χ1v) is 8.05. The molecule has 1 atom stereocenters. The highest BCUT2D eigenvalue weighted by atomic mass is 16.3. The topological polar surface area (TPSA) is 49.3 Å². The Labute approximate surface area is 118 Å². The van der Waals surface area contributed by atoms with Crippen molar-refractivity contribution in [2.24, 2.45) is 11.8 Å². The molecule has 1 aliphatic carbocycles. The molecule has 19 heavy (non-hydrogen) atoms. The number of hydrogen-bond acceptors (Lipinski definition) is 2. The first-order valence-electron chi connectivity index (χ1n) is 8.05. The van der Waals surface area contributed by atoms with Gasteiger partial charge in [0.2, 0.25) is 5.91 Å². The van der Waals surface area contributed by atoms with Crippen LogP contribution < -0.4 is 5.32 Å². The molecule has 1 rings (SSSR count). The van der Waals surface area contributed by atoms with Crippen LogP contribution in [0.3, 0.4) is 0 Å². The summed E-state index contributed by atoms with van der Waals surface area (Å²) in [4.78, 5) is 11.9. The van der Waals surface area contributed by atoms with Crippen molar-refractivity contribution in [3.63, 3.8) is 0 Å². The third-order valence-electron chi connectivity index (χ3n) is 4.30. The maximum absolute atomic E-state index is 11.9. The third-order valence-corrected chi connectivity index (χ3v) is 4.30. The predicted molar refractivity (Wildman–Crippen MR) is 78.9 cm³/mol. The zero-order valence-corrected chi connectivity index (χ0v) is 12.7. The number of aliphatic hydroxyl groups is 1. The molecule has 1 saturated carbocycles. The lowest BCUT2D eigenvalue weighted by atomic mass is 9.86. The fourth-order valence-electron chi connectivity index (χ4n) is 2.94. The van der Waals surface area contributed by atoms with E-state index in [0.29, 0.717) is 30.9 Å². The summed E-state index contributed by atoms with van der Waals surface area (Å²) in [6.07, 6.45) is 9.75. The lowest BCUT2D eigenvalue weighted by Gasteiger charge is -2.28. The molecule has 0 radical (unpaired) electrons. The van der Waals surface area contributed by atoms with Gasteiger partial charge in [0, 0.05) is 19.1 Å². The van der Waals surface area contributed by atoms with Crippen LogP contribution in [0, 0.1) is 11.8 Å². The van der Waals surface area contributed by atoms with Crippen molar-refractivity contribution in [2.75, 3.05) is 6.61 Å². The van der Waals surface area contributed by atoms with Gasteiger partial charge in [0.25, 0.3) is 0 Å². The van der Waals surface area contributed by atoms with E-state index in [1.807, 2.05) is 0 Å². The Bertz CT molecular complexity index is 247. The summed E-state index contributed by atoms with van der Waals surface area (Å²) in [6, 6.07) is 0.346. The van der Waals surface area contributed by atoms with Crippen molar-refractivity contribution in [1.82, 2.24) is 5.32 Å². The molecule has 3 nitrogen and oxygen atoms in total. The van der Waals surface area contributed by atoms with Crippen LogP contribution in [0.5, 0.6) is 0 Å². The first kappa shape index (κ1) is 16.5. The van der Waals surface area contributed by atoms with Crippen molar-refractivity contribution < 1.29 is 9.90 Å². The predicted octanol–water partition coefficient (Wildman–Crippen LogP) is 3.26. The summed E-state index contributed by atoms with van der Waals surface area (Å²) < 4.78 is 0. The Morgan fingerprint density at radius 2 is 1.95 bits per heavy atom. The minimum Gasteiger partial charge on any atom is -0.396 e. The summed E-state index contributed by atoms with van der Waals surface area (Å²) in [5, 5.41) is 12.3. The summed E-state index contributed by atoms with van der Waals surface area (Å²) in [5.41, 5.74) is 0. The fraction of sp³-hybridized carbons (Fsp3) is 0.938. The third kappa shape index (κ3) is 6.95. The van der Waals surface area contributed by atoms with Gasteiger partial charge >= 0.3 is 0 Å². The number of hydrogen-bond donors (Lipinski definition) is 2. The number of amides is 1. The van der Waals surface area contributed by atoms with Crippen LogP contribution in [0.2, 0.25) is 0 Å². The van der Waals surface area contributed by atoms with Gasteiger partial charge in [0.1, 0.15) is 0 Å². The number of unbranched alkanes of at least 4 members (excludes halogenated alkanes) is 2. The molecule has 0 heterocycles. The fourth-order valence-corrected chi connectivity index (χ4v) is 2.94. The average Bonchev–Trinajstić information content (AvgIpc) is 2.39. The van der Waals surface area contributed by atoms with Gasteiger partial charge in [-0.1, -0.05) is 39.5 Å². The van der Waals surface area contributed by atoms with Gasteiger partial charge in [-0.05, 0) is 37.5 Å². The maximum Gasteiger partial charge on any atom is 0.220 e. The molecule has 0 aromatic heterocycles. The lowest BCUT2D eigenvalue weighted by molar-refractivity contribution is -0.122. The van der Waals surface area contributed by atoms with Crippen molar-refractivity contribution in [3.05, 3.63) is 0 Å². The van der Waals surface area contributed by atoms with Gasteiger partial charge in [-0.25, -0.2) is 0 Å². The molecule has 0 saturated heterocycles. The minimum absolute atomic E-state index is 0.219. The number of aliphatic hydroxyl groups excluding tert-OH is 1. The zero-order valence-electron chi connectivity index (χ0n) is 12.7. The van der Waals surface area contributed by atoms with Crippen molar-refractivity contribution in [2.45, 2.75) is 77.7 Å². The Morgan fingerprint density at radius 1 is 1.26 bits per heavy atom. The molecule has 0 spiro atoms. The van der Waals surface area contributed by atoms with E-state index in [1.54, 1.807) is 0 Å². The number of rotatable bonds is 8. The van der Waals surface area contributed by atoms with Crippen LogP contribution in [-0.4, -0.2) is 23.7 Å². The molecule has 0 aromatic carbocycles. The normalized spacial score (nSPS) is 25.0. The van der Waals surface area contributed by atoms with Crippen LogP contribution in [-0.2, 0) is 4.79 Å². The molecule has 0 aliphatic heterocycles. The van der Waals surface area contributed by atoms with Crippen LogP contribution >= 0.6 is 0 Å². The van der Waals surface area contributed by atoms with E-state index in [0.717, 1.165) is 25.7 Å². The molecule has 2 N–H and O–H groups in total. The lowest BCUT2D eigenvalue weighted by Crippen LogP contribution is -2.38. The largest absolute Gasteiger partial charge is 0.396 e. The van der Waals surface area contributed by atoms with Gasteiger partial charge in [-0.3, -0.25) is 4.79 Å². The van der Waals surface area contributed by atoms with Crippen LogP contribution in [0.25, 0.3) is 0 Å². The van der Waals surface area contributed by atoms with E-state index in [4.69, 9.17) is 5.11 Å². The average molecular weight is 269 g/mol. The number of carbonyl (C=O) groups excluding carboxylic acids is 1. The second kappa shape index (κ2) is 9.35. The van der Waals surface area contributed by atoms with E-state index in [-0.39, 0.29) is 5.91 Å². The van der Waals surface area contributed by atoms with E-state index in [1.165, 1.54) is 25.7 Å². The SMILES string of the molecule is CCCCCC(C)CC(=O)NC1CCC(CO)CC1. The standard InChI is InChI=1S/C16H31NO2/c1-3-4-5-6-13(2)11-16(19)17-15-9-7-14(12-18)8-10-15/h13-15,18H,3-12H2,1-2H3,(H,17,19). The Hall–Kier alpha value is -0.570. The number of carbonyl (C=O) groups is 1. The Balaban J connectivity index is 2.13. The molecule has 1 unspecified atom stereocenters. The van der Waals surface area contributed by atoms with Gasteiger partial charge in [0.15, 0.2) is 0 Å². The highest BCUT2D eigenvalue weighted by Gasteiger charge is 2.22. The maximum atomic E-state index is 11.9. The van der Waals surface area contributed by atoms with Gasteiger partial charge < -0.3 is 10.4 Å². The minimum atomic E-state index is 0.219. The van der Waals surface area contributed by atoms with E-state index < -0.39 is 0 Å². The summed E-state index contributed by atoms with van der Waals surface area (Å²) in [7, 11) is 0. The molecule has 112 valence electrons. The number of nitrogens with one attached hydrogen (secondary N) is 1. The summed E-state index contributed by atoms with van der Waals surface area (Å²) in [5.74, 6) is 1.18. The highest BCUT2D eigenvalue weighted by molar-refractivity contribution is 5.76. The molecule has 1 amide bonds. The Kier molecular flexibility index (Phi) is 8.11. The van der Waals surface area contributed by atoms with Crippen molar-refractivity contribution >= 4 is 5.91 Å². The van der Waals surface area contributed by atoms with Crippen molar-refractivity contribution in [3.8, 4) is 0 Å². The van der Waals surface area contributed by atoms with Gasteiger partial charge in [-0.15, -0.1) is 0 Å². The smallest absolute Gasteiger partial charge is 0.220 e. The second-order valence-corrected chi connectivity index (χ2v) is 6.27. The zero-order chi connectivity index (χ0) is 14.1. The van der Waals surface area contributed by atoms with Crippen LogP contribution in [0.15, 0.2) is 0 Å². The monoisotopic (exact) mass is 269 g/mol. The van der Waals surface area contributed by atoms with Crippen LogP contribution in [0.1, 0.15) is 71.6 Å². The van der Waals surface area contributed by atoms with E-state index in [9.17, 15) is 4.79 Å². The van der Waals surface area contributed by atoms with Crippen molar-refractivity contribution in [1.29, 1.82) is 0 Å². The molecular formula is C16H31NO2. The molecule has 1 fully saturated rings. The Morgan fingerprint density at radius 3 is 2.53 bits per heavy atom. The molecular weight excluding hydrogens is 238 g/mol. The molecule has 0 bridgehead atoms. The summed E-state index contributed by atoms with van der Waals surface area (Å²) in [6.45, 7) is 4.69. The van der Waals surface area contributed by atoms with Crippen LogP contribution in [0.4, 0.5) is 0 Å². The quantitative estimate of drug-likeness (QED) is 0.664. The molecule has 1 aliphatic rings. The highest BCUT2D eigenvalue weighted by Crippen LogP contribution is 2.24. The van der Waals surface area contributed by atoms with Gasteiger partial charge in [0.05, 0.1) is 0 Å². The van der Waals surface area contributed by atoms with E-state index in [2.05, 4.69) is 19.2 Å². The molecule has 3 heteroatoms. The van der Waals surface area contributed by atoms with Gasteiger partial charge in [-0.2, -0.15) is 0 Å². The summed E-state index contributed by atoms with van der Waals surface area (Å²) >= 11 is 0. The second-order valence-electron chi connectivity index (χ2n) is 6.27. The first-order chi connectivity index (χ1) is 9.15.